The standard InChI is InChI=1S/C16H26O3/c1-2-3-4-5-6-7-8-9-10-14(17)13-15-11-12-16(18)19-15/h11-14,17H,2-10H2,1H3. The largest absolute Gasteiger partial charge is 0.424 e. The van der Waals surface area contributed by atoms with Gasteiger partial charge < -0.3 is 9.84 Å². The summed E-state index contributed by atoms with van der Waals surface area (Å²) in [6.45, 7) is 2.23. The second-order valence-electron chi connectivity index (χ2n) is 5.15. The molecule has 0 saturated heterocycles. The highest BCUT2D eigenvalue weighted by Crippen LogP contribution is 2.14. The molecule has 1 aliphatic rings. The lowest BCUT2D eigenvalue weighted by Crippen LogP contribution is -2.04. The van der Waals surface area contributed by atoms with E-state index in [1.54, 1.807) is 12.2 Å². The Hall–Kier alpha value is -1.09. The predicted octanol–water partition coefficient (Wildman–Crippen LogP) is 3.88. The summed E-state index contributed by atoms with van der Waals surface area (Å²) in [6, 6.07) is 0. The van der Waals surface area contributed by atoms with Gasteiger partial charge in [-0.15, -0.1) is 0 Å². The maximum absolute atomic E-state index is 10.8. The van der Waals surface area contributed by atoms with E-state index in [4.69, 9.17) is 4.74 Å². The molecule has 19 heavy (non-hydrogen) atoms. The lowest BCUT2D eigenvalue weighted by molar-refractivity contribution is -0.132. The van der Waals surface area contributed by atoms with Crippen molar-refractivity contribution in [2.24, 2.45) is 0 Å². The lowest BCUT2D eigenvalue weighted by Gasteiger charge is -2.06. The summed E-state index contributed by atoms with van der Waals surface area (Å²) in [5.74, 6) is 0.114. The van der Waals surface area contributed by atoms with Crippen molar-refractivity contribution in [1.82, 2.24) is 0 Å². The number of aliphatic hydroxyl groups is 1. The average Bonchev–Trinajstić information content (AvgIpc) is 2.78. The van der Waals surface area contributed by atoms with Gasteiger partial charge in [-0.3, -0.25) is 0 Å². The predicted molar refractivity (Wildman–Crippen MR) is 76.5 cm³/mol. The molecule has 108 valence electrons. The lowest BCUT2D eigenvalue weighted by atomic mass is 10.1. The number of hydrogen-bond donors (Lipinski definition) is 1. The van der Waals surface area contributed by atoms with Gasteiger partial charge in [0.05, 0.1) is 6.10 Å². The Bertz CT molecular complexity index is 318. The molecule has 0 amide bonds. The molecule has 1 N–H and O–H groups in total. The molecule has 1 atom stereocenters. The second-order valence-corrected chi connectivity index (χ2v) is 5.15. The van der Waals surface area contributed by atoms with Crippen molar-refractivity contribution < 1.29 is 14.6 Å². The van der Waals surface area contributed by atoms with E-state index in [1.807, 2.05) is 0 Å². The van der Waals surface area contributed by atoms with Crippen LogP contribution < -0.4 is 0 Å². The van der Waals surface area contributed by atoms with Crippen LogP contribution in [0.25, 0.3) is 0 Å². The van der Waals surface area contributed by atoms with E-state index in [-0.39, 0.29) is 5.97 Å². The van der Waals surface area contributed by atoms with E-state index in [2.05, 4.69) is 6.92 Å². The van der Waals surface area contributed by atoms with Crippen LogP contribution in [0, 0.1) is 0 Å². The van der Waals surface area contributed by atoms with Crippen LogP contribution >= 0.6 is 0 Å². The Morgan fingerprint density at radius 1 is 1.11 bits per heavy atom. The SMILES string of the molecule is CCCCCCCCCCC(O)C=C1C=CC(=O)O1. The minimum Gasteiger partial charge on any atom is -0.424 e. The fourth-order valence-corrected chi connectivity index (χ4v) is 2.18. The van der Waals surface area contributed by atoms with E-state index in [0.717, 1.165) is 12.8 Å². The van der Waals surface area contributed by atoms with Crippen molar-refractivity contribution in [2.75, 3.05) is 0 Å². The molecule has 1 heterocycles. The maximum atomic E-state index is 10.8. The fourth-order valence-electron chi connectivity index (χ4n) is 2.18. The third-order valence-corrected chi connectivity index (χ3v) is 3.31. The maximum Gasteiger partial charge on any atom is 0.336 e. The molecule has 0 aliphatic carbocycles. The molecule has 3 heteroatoms. The quantitative estimate of drug-likeness (QED) is 0.482. The number of esters is 1. The number of carbonyl (C=O) groups is 1. The Balaban J connectivity index is 1.97. The first-order valence-electron chi connectivity index (χ1n) is 7.52. The smallest absolute Gasteiger partial charge is 0.336 e. The summed E-state index contributed by atoms with van der Waals surface area (Å²) >= 11 is 0. The highest BCUT2D eigenvalue weighted by atomic mass is 16.5. The van der Waals surface area contributed by atoms with E-state index in [9.17, 15) is 9.90 Å². The van der Waals surface area contributed by atoms with Gasteiger partial charge in [0.15, 0.2) is 0 Å². The molecule has 0 radical (unpaired) electrons. The third-order valence-electron chi connectivity index (χ3n) is 3.31. The van der Waals surface area contributed by atoms with Gasteiger partial charge in [0.2, 0.25) is 0 Å². The minimum absolute atomic E-state index is 0.356. The van der Waals surface area contributed by atoms with Gasteiger partial charge in [-0.1, -0.05) is 58.3 Å². The number of ether oxygens (including phenoxy) is 1. The molecule has 0 aromatic carbocycles. The summed E-state index contributed by atoms with van der Waals surface area (Å²) in [5.41, 5.74) is 0. The van der Waals surface area contributed by atoms with Gasteiger partial charge in [0, 0.05) is 6.08 Å². The molecular weight excluding hydrogens is 240 g/mol. The minimum atomic E-state index is -0.509. The highest BCUT2D eigenvalue weighted by molar-refractivity contribution is 5.86. The van der Waals surface area contributed by atoms with E-state index in [0.29, 0.717) is 5.76 Å². The monoisotopic (exact) mass is 266 g/mol. The van der Waals surface area contributed by atoms with Crippen LogP contribution in [0.2, 0.25) is 0 Å². The number of allylic oxidation sites excluding steroid dienone is 1. The van der Waals surface area contributed by atoms with Crippen LogP contribution in [0.3, 0.4) is 0 Å². The molecule has 3 nitrogen and oxygen atoms in total. The van der Waals surface area contributed by atoms with Crippen LogP contribution in [0.15, 0.2) is 24.0 Å². The van der Waals surface area contributed by atoms with E-state index in [1.165, 1.54) is 51.0 Å². The van der Waals surface area contributed by atoms with E-state index < -0.39 is 6.10 Å². The van der Waals surface area contributed by atoms with Crippen molar-refractivity contribution in [3.8, 4) is 0 Å². The second kappa shape index (κ2) is 9.79. The molecule has 0 fully saturated rings. The van der Waals surface area contributed by atoms with Crippen molar-refractivity contribution in [2.45, 2.75) is 70.8 Å². The topological polar surface area (TPSA) is 46.5 Å². The average molecular weight is 266 g/mol. The van der Waals surface area contributed by atoms with Crippen molar-refractivity contribution in [1.29, 1.82) is 0 Å². The zero-order chi connectivity index (χ0) is 13.9. The van der Waals surface area contributed by atoms with Crippen LogP contribution in [0.1, 0.15) is 64.7 Å². The van der Waals surface area contributed by atoms with Gasteiger partial charge in [-0.25, -0.2) is 4.79 Å². The first kappa shape index (κ1) is 16.0. The number of cyclic esters (lactones) is 1. The highest BCUT2D eigenvalue weighted by Gasteiger charge is 2.11. The molecule has 0 aromatic heterocycles. The van der Waals surface area contributed by atoms with Gasteiger partial charge in [0.1, 0.15) is 5.76 Å². The molecular formula is C16H26O3. The van der Waals surface area contributed by atoms with Gasteiger partial charge in [-0.05, 0) is 18.6 Å². The molecule has 1 unspecified atom stereocenters. The number of rotatable bonds is 10. The summed E-state index contributed by atoms with van der Waals surface area (Å²) in [6.07, 6.45) is 14.9. The van der Waals surface area contributed by atoms with Crippen molar-refractivity contribution >= 4 is 5.97 Å². The number of unbranched alkanes of at least 4 members (excludes halogenated alkanes) is 7. The normalized spacial score (nSPS) is 18.0. The van der Waals surface area contributed by atoms with E-state index >= 15 is 0 Å². The number of hydrogen-bond acceptors (Lipinski definition) is 3. The summed E-state index contributed by atoms with van der Waals surface area (Å²) in [7, 11) is 0. The van der Waals surface area contributed by atoms with Crippen molar-refractivity contribution in [3.05, 3.63) is 24.0 Å². The van der Waals surface area contributed by atoms with Crippen molar-refractivity contribution in [3.63, 3.8) is 0 Å². The molecule has 0 spiro atoms. The molecule has 0 bridgehead atoms. The van der Waals surface area contributed by atoms with Crippen LogP contribution in [-0.4, -0.2) is 17.2 Å². The number of aliphatic hydroxyl groups excluding tert-OH is 1. The first-order chi connectivity index (χ1) is 9.22. The Kier molecular flexibility index (Phi) is 8.23. The van der Waals surface area contributed by atoms with Crippen LogP contribution in [-0.2, 0) is 9.53 Å². The van der Waals surface area contributed by atoms with Gasteiger partial charge >= 0.3 is 5.97 Å². The summed E-state index contributed by atoms with van der Waals surface area (Å²) in [4.78, 5) is 10.8. The molecule has 0 saturated carbocycles. The fraction of sp³-hybridized carbons (Fsp3) is 0.688. The number of carbonyl (C=O) groups excluding carboxylic acids is 1. The van der Waals surface area contributed by atoms with Crippen LogP contribution in [0.4, 0.5) is 0 Å². The van der Waals surface area contributed by atoms with Crippen LogP contribution in [0.5, 0.6) is 0 Å². The summed E-state index contributed by atoms with van der Waals surface area (Å²) < 4.78 is 4.87. The summed E-state index contributed by atoms with van der Waals surface area (Å²) in [5, 5.41) is 9.77. The first-order valence-corrected chi connectivity index (χ1v) is 7.52. The Labute approximate surface area is 116 Å². The zero-order valence-electron chi connectivity index (χ0n) is 11.9. The molecule has 1 rings (SSSR count). The van der Waals surface area contributed by atoms with Gasteiger partial charge in [-0.2, -0.15) is 0 Å². The Morgan fingerprint density at radius 2 is 1.74 bits per heavy atom. The molecule has 1 aliphatic heterocycles. The third kappa shape index (κ3) is 7.83. The van der Waals surface area contributed by atoms with Gasteiger partial charge in [0.25, 0.3) is 0 Å². The molecule has 0 aromatic rings. The Morgan fingerprint density at radius 3 is 2.32 bits per heavy atom. The zero-order valence-corrected chi connectivity index (χ0v) is 11.9.